The van der Waals surface area contributed by atoms with Gasteiger partial charge in [0.25, 0.3) is 0 Å². The number of Topliss-reactive ketones (excluding diaryl/α,β-unsaturated/α-hetero) is 1. The van der Waals surface area contributed by atoms with Gasteiger partial charge in [-0.2, -0.15) is 0 Å². The van der Waals surface area contributed by atoms with E-state index in [2.05, 4.69) is 5.32 Å². The lowest BCUT2D eigenvalue weighted by Crippen LogP contribution is -2.31. The SMILES string of the molecule is [B]c1ccc(C(=O)C(NC(=O)O[C@H](C)c2ccccc2)=C(C)N)cc1. The van der Waals surface area contributed by atoms with Gasteiger partial charge in [0.2, 0.25) is 5.78 Å². The second-order valence-electron chi connectivity index (χ2n) is 5.59. The number of allylic oxidation sites excluding steroid dienone is 2. The molecule has 0 spiro atoms. The zero-order valence-corrected chi connectivity index (χ0v) is 14.2. The highest BCUT2D eigenvalue weighted by Crippen LogP contribution is 2.16. The summed E-state index contributed by atoms with van der Waals surface area (Å²) in [5.74, 6) is -0.413. The Morgan fingerprint density at radius 1 is 1.08 bits per heavy atom. The molecular formula is C19H19BN2O3. The number of carbonyl (C=O) groups is 2. The summed E-state index contributed by atoms with van der Waals surface area (Å²) in [7, 11) is 5.62. The van der Waals surface area contributed by atoms with Crippen molar-refractivity contribution in [3.8, 4) is 0 Å². The molecule has 1 atom stereocenters. The fourth-order valence-electron chi connectivity index (χ4n) is 2.20. The van der Waals surface area contributed by atoms with Gasteiger partial charge in [0, 0.05) is 11.3 Å². The molecule has 0 bridgehead atoms. The fourth-order valence-corrected chi connectivity index (χ4v) is 2.20. The monoisotopic (exact) mass is 334 g/mol. The molecule has 1 amide bonds. The first-order valence-electron chi connectivity index (χ1n) is 7.77. The first kappa shape index (κ1) is 18.3. The maximum Gasteiger partial charge on any atom is 0.412 e. The minimum atomic E-state index is -0.750. The van der Waals surface area contributed by atoms with Gasteiger partial charge in [-0.1, -0.05) is 60.1 Å². The molecule has 2 aromatic carbocycles. The summed E-state index contributed by atoms with van der Waals surface area (Å²) in [6.07, 6.45) is -1.22. The van der Waals surface area contributed by atoms with Gasteiger partial charge in [0.05, 0.1) is 0 Å². The summed E-state index contributed by atoms with van der Waals surface area (Å²) in [5.41, 5.74) is 7.68. The molecule has 2 radical (unpaired) electrons. The maximum atomic E-state index is 12.5. The van der Waals surface area contributed by atoms with Crippen molar-refractivity contribution >= 4 is 25.2 Å². The van der Waals surface area contributed by atoms with Crippen molar-refractivity contribution in [2.75, 3.05) is 0 Å². The second kappa shape index (κ2) is 8.19. The average Bonchev–Trinajstić information content (AvgIpc) is 2.60. The quantitative estimate of drug-likeness (QED) is 0.500. The lowest BCUT2D eigenvalue weighted by molar-refractivity contribution is 0.0975. The van der Waals surface area contributed by atoms with Gasteiger partial charge >= 0.3 is 6.09 Å². The third-order valence-electron chi connectivity index (χ3n) is 3.57. The number of alkyl carbamates (subject to hydrolysis) is 1. The molecule has 0 aliphatic heterocycles. The van der Waals surface area contributed by atoms with Gasteiger partial charge in [0.1, 0.15) is 19.6 Å². The third kappa shape index (κ3) is 4.98. The van der Waals surface area contributed by atoms with Crippen LogP contribution in [0.15, 0.2) is 66.0 Å². The Kier molecular flexibility index (Phi) is 6.01. The van der Waals surface area contributed by atoms with E-state index in [0.717, 1.165) is 5.56 Å². The molecule has 2 aromatic rings. The summed E-state index contributed by atoms with van der Waals surface area (Å²) < 4.78 is 5.31. The predicted octanol–water partition coefficient (Wildman–Crippen LogP) is 2.34. The Morgan fingerprint density at radius 3 is 2.24 bits per heavy atom. The van der Waals surface area contributed by atoms with E-state index in [-0.39, 0.29) is 11.4 Å². The van der Waals surface area contributed by atoms with Gasteiger partial charge < -0.3 is 10.5 Å². The molecule has 5 nitrogen and oxygen atoms in total. The van der Waals surface area contributed by atoms with Crippen molar-refractivity contribution in [2.24, 2.45) is 5.73 Å². The number of ether oxygens (including phenoxy) is 1. The standard InChI is InChI=1S/C19H19BN2O3/c1-12(21)17(18(23)15-8-10-16(20)11-9-15)22-19(24)25-13(2)14-6-4-3-5-7-14/h3-11,13H,21H2,1-2H3,(H,22,24)/t13-/m1/s1. The summed E-state index contributed by atoms with van der Waals surface area (Å²) in [4.78, 5) is 24.7. The normalized spacial score (nSPS) is 12.7. The molecular weight excluding hydrogens is 315 g/mol. The first-order chi connectivity index (χ1) is 11.9. The number of rotatable bonds is 5. The van der Waals surface area contributed by atoms with Crippen LogP contribution in [-0.4, -0.2) is 19.7 Å². The summed E-state index contributed by atoms with van der Waals surface area (Å²) in [6.45, 7) is 3.28. The van der Waals surface area contributed by atoms with Gasteiger partial charge in [-0.25, -0.2) is 4.79 Å². The van der Waals surface area contributed by atoms with E-state index in [1.165, 1.54) is 6.92 Å². The van der Waals surface area contributed by atoms with Crippen molar-refractivity contribution in [1.29, 1.82) is 0 Å². The minimum absolute atomic E-state index is 0.0185. The molecule has 126 valence electrons. The molecule has 0 unspecified atom stereocenters. The van der Waals surface area contributed by atoms with E-state index in [4.69, 9.17) is 18.3 Å². The Balaban J connectivity index is 2.09. The highest BCUT2D eigenvalue weighted by Gasteiger charge is 2.19. The molecule has 6 heteroatoms. The number of ketones is 1. The smallest absolute Gasteiger partial charge is 0.412 e. The second-order valence-corrected chi connectivity index (χ2v) is 5.59. The predicted molar refractivity (Wildman–Crippen MR) is 97.5 cm³/mol. The van der Waals surface area contributed by atoms with Crippen LogP contribution in [0.1, 0.15) is 35.9 Å². The first-order valence-corrected chi connectivity index (χ1v) is 7.77. The van der Waals surface area contributed by atoms with Crippen molar-refractivity contribution < 1.29 is 14.3 Å². The van der Waals surface area contributed by atoms with Crippen LogP contribution in [0.3, 0.4) is 0 Å². The van der Waals surface area contributed by atoms with Crippen LogP contribution >= 0.6 is 0 Å². The van der Waals surface area contributed by atoms with Gasteiger partial charge in [-0.15, -0.1) is 0 Å². The number of carbonyl (C=O) groups excluding carboxylic acids is 2. The highest BCUT2D eigenvalue weighted by molar-refractivity contribution is 6.32. The van der Waals surface area contributed by atoms with Crippen LogP contribution in [0.2, 0.25) is 0 Å². The molecule has 0 aliphatic rings. The Hall–Kier alpha value is -3.02. The van der Waals surface area contributed by atoms with E-state index in [1.54, 1.807) is 31.2 Å². The molecule has 0 heterocycles. The lowest BCUT2D eigenvalue weighted by atomic mass is 9.94. The van der Waals surface area contributed by atoms with Crippen molar-refractivity contribution in [2.45, 2.75) is 20.0 Å². The van der Waals surface area contributed by atoms with Gasteiger partial charge in [-0.3, -0.25) is 10.1 Å². The third-order valence-corrected chi connectivity index (χ3v) is 3.57. The van der Waals surface area contributed by atoms with Crippen LogP contribution in [0, 0.1) is 0 Å². The van der Waals surface area contributed by atoms with Crippen LogP contribution in [0.4, 0.5) is 4.79 Å². The largest absolute Gasteiger partial charge is 0.441 e. The Bertz CT molecular complexity index is 782. The molecule has 25 heavy (non-hydrogen) atoms. The van der Waals surface area contributed by atoms with Crippen molar-refractivity contribution in [3.63, 3.8) is 0 Å². The maximum absolute atomic E-state index is 12.5. The number of nitrogens with two attached hydrogens (primary N) is 1. The van der Waals surface area contributed by atoms with Crippen molar-refractivity contribution in [1.82, 2.24) is 5.32 Å². The van der Waals surface area contributed by atoms with Crippen molar-refractivity contribution in [3.05, 3.63) is 77.1 Å². The number of hydrogen-bond acceptors (Lipinski definition) is 4. The van der Waals surface area contributed by atoms with E-state index >= 15 is 0 Å². The molecule has 3 N–H and O–H groups in total. The molecule has 0 aliphatic carbocycles. The molecule has 0 fully saturated rings. The number of amides is 1. The minimum Gasteiger partial charge on any atom is -0.441 e. The number of nitrogens with one attached hydrogen (secondary N) is 1. The lowest BCUT2D eigenvalue weighted by Gasteiger charge is -2.16. The summed E-state index contributed by atoms with van der Waals surface area (Å²) >= 11 is 0. The molecule has 2 rings (SSSR count). The Labute approximate surface area is 148 Å². The fraction of sp³-hybridized carbons (Fsp3) is 0.158. The summed E-state index contributed by atoms with van der Waals surface area (Å²) in [5, 5.41) is 2.44. The van der Waals surface area contributed by atoms with Crippen LogP contribution in [0.25, 0.3) is 0 Å². The van der Waals surface area contributed by atoms with Crippen LogP contribution < -0.4 is 16.5 Å². The molecule has 0 aromatic heterocycles. The molecule has 0 saturated heterocycles. The van der Waals surface area contributed by atoms with E-state index in [9.17, 15) is 9.59 Å². The van der Waals surface area contributed by atoms with Crippen LogP contribution in [0.5, 0.6) is 0 Å². The van der Waals surface area contributed by atoms with Crippen LogP contribution in [-0.2, 0) is 4.74 Å². The average molecular weight is 334 g/mol. The summed E-state index contributed by atoms with van der Waals surface area (Å²) in [6, 6.07) is 15.6. The van der Waals surface area contributed by atoms with E-state index in [0.29, 0.717) is 11.0 Å². The highest BCUT2D eigenvalue weighted by atomic mass is 16.6. The van der Waals surface area contributed by atoms with Gasteiger partial charge in [-0.05, 0) is 19.4 Å². The topological polar surface area (TPSA) is 81.4 Å². The van der Waals surface area contributed by atoms with E-state index in [1.807, 2.05) is 30.3 Å². The number of benzene rings is 2. The zero-order chi connectivity index (χ0) is 18.4. The molecule has 0 saturated carbocycles. The number of hydrogen-bond donors (Lipinski definition) is 2. The van der Waals surface area contributed by atoms with Gasteiger partial charge in [0.15, 0.2) is 0 Å². The van der Waals surface area contributed by atoms with E-state index < -0.39 is 18.0 Å². The zero-order valence-electron chi connectivity index (χ0n) is 14.2. The Morgan fingerprint density at radius 2 is 1.68 bits per heavy atom.